The zero-order valence-electron chi connectivity index (χ0n) is 17.2. The maximum Gasteiger partial charge on any atom is 0.234 e. The van der Waals surface area contributed by atoms with Gasteiger partial charge >= 0.3 is 0 Å². The molecule has 0 aliphatic heterocycles. The molecule has 0 spiro atoms. The molecule has 0 radical (unpaired) electrons. The molecular weight excluding hydrogens is 446 g/mol. The number of hydrogen-bond acceptors (Lipinski definition) is 6. The number of nitrogens with one attached hydrogen (secondary N) is 1. The lowest BCUT2D eigenvalue weighted by molar-refractivity contribution is -0.113. The molecule has 0 atom stereocenters. The molecule has 4 aromatic rings. The first kappa shape index (κ1) is 21.9. The topological polar surface area (TPSA) is 81.9 Å². The second kappa shape index (κ2) is 10.3. The zero-order valence-corrected chi connectivity index (χ0v) is 18.8. The first-order valence-corrected chi connectivity index (χ1v) is 11.3. The molecular formula is C23H20ClN5O2S. The Labute approximate surface area is 194 Å². The second-order valence-corrected chi connectivity index (χ2v) is 8.03. The van der Waals surface area contributed by atoms with E-state index >= 15 is 0 Å². The molecule has 7 nitrogen and oxygen atoms in total. The van der Waals surface area contributed by atoms with Crippen LogP contribution in [0.3, 0.4) is 0 Å². The van der Waals surface area contributed by atoms with Gasteiger partial charge in [0.15, 0.2) is 11.0 Å². The van der Waals surface area contributed by atoms with Crippen LogP contribution in [0.15, 0.2) is 78.2 Å². The van der Waals surface area contributed by atoms with Crippen molar-refractivity contribution in [1.29, 1.82) is 0 Å². The summed E-state index contributed by atoms with van der Waals surface area (Å²) in [6.07, 6.45) is 3.44. The predicted octanol–water partition coefficient (Wildman–Crippen LogP) is 5.11. The summed E-state index contributed by atoms with van der Waals surface area (Å²) in [4.78, 5) is 16.7. The predicted molar refractivity (Wildman–Crippen MR) is 127 cm³/mol. The number of thioether (sulfide) groups is 1. The van der Waals surface area contributed by atoms with Crippen LogP contribution < -0.4 is 10.1 Å². The molecule has 2 aromatic heterocycles. The highest BCUT2D eigenvalue weighted by atomic mass is 35.5. The van der Waals surface area contributed by atoms with Crippen molar-refractivity contribution in [3.8, 4) is 22.8 Å². The normalized spacial score (nSPS) is 10.7. The van der Waals surface area contributed by atoms with Crippen LogP contribution in [-0.2, 0) is 4.79 Å². The van der Waals surface area contributed by atoms with E-state index in [1.807, 2.05) is 47.9 Å². The number of pyridine rings is 1. The van der Waals surface area contributed by atoms with E-state index in [1.165, 1.54) is 11.8 Å². The number of aromatic nitrogens is 4. The third-order valence-corrected chi connectivity index (χ3v) is 5.60. The first-order valence-electron chi connectivity index (χ1n) is 9.91. The minimum Gasteiger partial charge on any atom is -0.494 e. The largest absolute Gasteiger partial charge is 0.494 e. The van der Waals surface area contributed by atoms with Crippen molar-refractivity contribution in [1.82, 2.24) is 19.7 Å². The number of rotatable bonds is 8. The monoisotopic (exact) mass is 465 g/mol. The summed E-state index contributed by atoms with van der Waals surface area (Å²) in [5, 5.41) is 12.8. The lowest BCUT2D eigenvalue weighted by atomic mass is 10.2. The van der Waals surface area contributed by atoms with Crippen molar-refractivity contribution < 1.29 is 9.53 Å². The summed E-state index contributed by atoms with van der Waals surface area (Å²) in [5.41, 5.74) is 2.37. The van der Waals surface area contributed by atoms with Crippen LogP contribution in [0.25, 0.3) is 17.1 Å². The molecule has 2 heterocycles. The number of nitrogens with zero attached hydrogens (tertiary/aromatic N) is 4. The van der Waals surface area contributed by atoms with E-state index < -0.39 is 0 Å². The number of amides is 1. The number of anilines is 1. The highest BCUT2D eigenvalue weighted by Gasteiger charge is 2.17. The number of ether oxygens (including phenoxy) is 1. The summed E-state index contributed by atoms with van der Waals surface area (Å²) in [6.45, 7) is 2.54. The number of hydrogen-bond donors (Lipinski definition) is 1. The van der Waals surface area contributed by atoms with Gasteiger partial charge in [-0.3, -0.25) is 14.3 Å². The van der Waals surface area contributed by atoms with Gasteiger partial charge in [0.1, 0.15) is 5.75 Å². The van der Waals surface area contributed by atoms with Gasteiger partial charge in [-0.1, -0.05) is 23.4 Å². The van der Waals surface area contributed by atoms with Crippen molar-refractivity contribution in [3.05, 3.63) is 78.1 Å². The quantitative estimate of drug-likeness (QED) is 0.364. The van der Waals surface area contributed by atoms with Crippen molar-refractivity contribution in [2.24, 2.45) is 0 Å². The lowest BCUT2D eigenvalue weighted by Gasteiger charge is -2.11. The molecule has 0 aliphatic rings. The lowest BCUT2D eigenvalue weighted by Crippen LogP contribution is -2.14. The molecule has 0 unspecified atom stereocenters. The van der Waals surface area contributed by atoms with Gasteiger partial charge in [0.2, 0.25) is 5.91 Å². The first-order chi connectivity index (χ1) is 15.6. The molecule has 1 N–H and O–H groups in total. The molecule has 32 heavy (non-hydrogen) atoms. The Kier molecular flexibility index (Phi) is 7.03. The molecule has 2 aromatic carbocycles. The molecule has 1 amide bonds. The summed E-state index contributed by atoms with van der Waals surface area (Å²) >= 11 is 7.20. The fourth-order valence-electron chi connectivity index (χ4n) is 3.00. The Bertz CT molecular complexity index is 1180. The Hall–Kier alpha value is -3.36. The number of benzene rings is 2. The van der Waals surface area contributed by atoms with Gasteiger partial charge in [-0.2, -0.15) is 0 Å². The second-order valence-electron chi connectivity index (χ2n) is 6.65. The van der Waals surface area contributed by atoms with Gasteiger partial charge in [-0.15, -0.1) is 10.2 Å². The SMILES string of the molecule is CCOc1ccc(-n2c(SCC(=O)Nc3ccc(Cl)cc3)nnc2-c2cccnc2)cc1. The Morgan fingerprint density at radius 2 is 1.88 bits per heavy atom. The average molecular weight is 466 g/mol. The van der Waals surface area contributed by atoms with Gasteiger partial charge in [-0.25, -0.2) is 0 Å². The van der Waals surface area contributed by atoms with E-state index in [-0.39, 0.29) is 11.7 Å². The molecule has 0 saturated carbocycles. The number of carbonyl (C=O) groups is 1. The van der Waals surface area contributed by atoms with Crippen molar-refractivity contribution in [2.75, 3.05) is 17.7 Å². The molecule has 162 valence electrons. The average Bonchev–Trinajstić information content (AvgIpc) is 3.24. The van der Waals surface area contributed by atoms with E-state index in [0.717, 1.165) is 17.0 Å². The number of carbonyl (C=O) groups excluding carboxylic acids is 1. The van der Waals surface area contributed by atoms with Gasteiger partial charge < -0.3 is 10.1 Å². The molecule has 9 heteroatoms. The fraction of sp³-hybridized carbons (Fsp3) is 0.130. The van der Waals surface area contributed by atoms with E-state index in [1.54, 1.807) is 36.7 Å². The van der Waals surface area contributed by atoms with E-state index in [0.29, 0.717) is 28.3 Å². The highest BCUT2D eigenvalue weighted by molar-refractivity contribution is 7.99. The minimum absolute atomic E-state index is 0.151. The standard InChI is InChI=1S/C23H20ClN5O2S/c1-2-31-20-11-9-19(10-12-20)29-22(16-4-3-13-25-14-16)27-28-23(29)32-15-21(30)26-18-7-5-17(24)6-8-18/h3-14H,2,15H2,1H3,(H,26,30). The van der Waals surface area contributed by atoms with E-state index in [2.05, 4.69) is 20.5 Å². The maximum atomic E-state index is 12.5. The fourth-order valence-corrected chi connectivity index (χ4v) is 3.87. The summed E-state index contributed by atoms with van der Waals surface area (Å²) < 4.78 is 7.46. The van der Waals surface area contributed by atoms with Gasteiger partial charge in [-0.05, 0) is 67.6 Å². The van der Waals surface area contributed by atoms with E-state index in [4.69, 9.17) is 16.3 Å². The van der Waals surface area contributed by atoms with Crippen LogP contribution in [-0.4, -0.2) is 38.0 Å². The van der Waals surface area contributed by atoms with Crippen LogP contribution in [0.5, 0.6) is 5.75 Å². The summed E-state index contributed by atoms with van der Waals surface area (Å²) in [7, 11) is 0. The third kappa shape index (κ3) is 5.27. The van der Waals surface area contributed by atoms with Crippen molar-refractivity contribution in [3.63, 3.8) is 0 Å². The molecule has 0 fully saturated rings. The molecule has 0 saturated heterocycles. The van der Waals surface area contributed by atoms with E-state index in [9.17, 15) is 4.79 Å². The van der Waals surface area contributed by atoms with Crippen LogP contribution in [0.1, 0.15) is 6.92 Å². The maximum absolute atomic E-state index is 12.5. The number of halogens is 1. The molecule has 4 rings (SSSR count). The smallest absolute Gasteiger partial charge is 0.234 e. The van der Waals surface area contributed by atoms with Gasteiger partial charge in [0.25, 0.3) is 0 Å². The van der Waals surface area contributed by atoms with Crippen molar-refractivity contribution >= 4 is 35.0 Å². The van der Waals surface area contributed by atoms with Gasteiger partial charge in [0, 0.05) is 34.4 Å². The van der Waals surface area contributed by atoms with Crippen LogP contribution in [0.2, 0.25) is 5.02 Å². The van der Waals surface area contributed by atoms with Gasteiger partial charge in [0.05, 0.1) is 12.4 Å². The highest BCUT2D eigenvalue weighted by Crippen LogP contribution is 2.28. The summed E-state index contributed by atoms with van der Waals surface area (Å²) in [6, 6.07) is 18.4. The third-order valence-electron chi connectivity index (χ3n) is 4.42. The van der Waals surface area contributed by atoms with Crippen LogP contribution >= 0.6 is 23.4 Å². The van der Waals surface area contributed by atoms with Crippen LogP contribution in [0.4, 0.5) is 5.69 Å². The Morgan fingerprint density at radius 3 is 2.56 bits per heavy atom. The van der Waals surface area contributed by atoms with Crippen LogP contribution in [0, 0.1) is 0 Å². The Morgan fingerprint density at radius 1 is 1.09 bits per heavy atom. The zero-order chi connectivity index (χ0) is 22.3. The Balaban J connectivity index is 1.58. The molecule has 0 aliphatic carbocycles. The molecule has 0 bridgehead atoms. The summed E-state index contributed by atoms with van der Waals surface area (Å²) in [5.74, 6) is 1.44. The van der Waals surface area contributed by atoms with Crippen molar-refractivity contribution in [2.45, 2.75) is 12.1 Å². The minimum atomic E-state index is -0.151.